The third-order valence-corrected chi connectivity index (χ3v) is 4.23. The predicted octanol–water partition coefficient (Wildman–Crippen LogP) is 1.21. The third-order valence-electron chi connectivity index (χ3n) is 3.14. The fourth-order valence-electron chi connectivity index (χ4n) is 2.09. The lowest BCUT2D eigenvalue weighted by Gasteiger charge is -2.24. The molecule has 0 spiro atoms. The molecule has 1 aliphatic carbocycles. The van der Waals surface area contributed by atoms with Crippen molar-refractivity contribution in [3.8, 4) is 0 Å². The SMILES string of the molecule is CS[C@H]1CC[C@H](N(C)CCOCCO)C1. The van der Waals surface area contributed by atoms with Gasteiger partial charge in [-0.15, -0.1) is 0 Å². The molecule has 1 aliphatic rings. The Labute approximate surface area is 97.2 Å². The summed E-state index contributed by atoms with van der Waals surface area (Å²) in [5, 5.41) is 9.43. The van der Waals surface area contributed by atoms with E-state index in [9.17, 15) is 0 Å². The fourth-order valence-corrected chi connectivity index (χ4v) is 2.88. The van der Waals surface area contributed by atoms with E-state index in [1.807, 2.05) is 11.8 Å². The smallest absolute Gasteiger partial charge is 0.0698 e. The van der Waals surface area contributed by atoms with E-state index in [1.165, 1.54) is 19.3 Å². The number of hydrogen-bond donors (Lipinski definition) is 1. The summed E-state index contributed by atoms with van der Waals surface area (Å²) >= 11 is 1.99. The lowest BCUT2D eigenvalue weighted by molar-refractivity contribution is 0.0709. The normalized spacial score (nSPS) is 26.4. The van der Waals surface area contributed by atoms with Crippen LogP contribution in [0, 0.1) is 0 Å². The second-order valence-electron chi connectivity index (χ2n) is 4.14. The van der Waals surface area contributed by atoms with E-state index >= 15 is 0 Å². The molecule has 0 aromatic heterocycles. The van der Waals surface area contributed by atoms with Crippen LogP contribution in [0.4, 0.5) is 0 Å². The van der Waals surface area contributed by atoms with Crippen molar-refractivity contribution >= 4 is 11.8 Å². The van der Waals surface area contributed by atoms with E-state index < -0.39 is 0 Å². The highest BCUT2D eigenvalue weighted by molar-refractivity contribution is 7.99. The van der Waals surface area contributed by atoms with Gasteiger partial charge in [0.05, 0.1) is 19.8 Å². The molecule has 2 atom stereocenters. The Morgan fingerprint density at radius 1 is 1.40 bits per heavy atom. The number of aliphatic hydroxyl groups excluding tert-OH is 1. The van der Waals surface area contributed by atoms with E-state index in [0.29, 0.717) is 6.61 Å². The fraction of sp³-hybridized carbons (Fsp3) is 1.00. The average molecular weight is 233 g/mol. The molecule has 0 bridgehead atoms. The van der Waals surface area contributed by atoms with Crippen molar-refractivity contribution in [1.29, 1.82) is 0 Å². The van der Waals surface area contributed by atoms with Gasteiger partial charge in [0.15, 0.2) is 0 Å². The molecule has 0 aliphatic heterocycles. The zero-order valence-corrected chi connectivity index (χ0v) is 10.6. The van der Waals surface area contributed by atoms with Crippen LogP contribution in [0.1, 0.15) is 19.3 Å². The number of rotatable bonds is 7. The zero-order valence-electron chi connectivity index (χ0n) is 9.82. The molecular formula is C11H23NO2S. The molecule has 0 aromatic rings. The van der Waals surface area contributed by atoms with Crippen LogP contribution in [0.25, 0.3) is 0 Å². The Kier molecular flexibility index (Phi) is 6.64. The molecule has 15 heavy (non-hydrogen) atoms. The van der Waals surface area contributed by atoms with Crippen molar-refractivity contribution in [3.05, 3.63) is 0 Å². The minimum Gasteiger partial charge on any atom is -0.394 e. The van der Waals surface area contributed by atoms with Crippen molar-refractivity contribution < 1.29 is 9.84 Å². The summed E-state index contributed by atoms with van der Waals surface area (Å²) in [6.45, 7) is 2.30. The molecule has 1 rings (SSSR count). The first-order chi connectivity index (χ1) is 7.27. The van der Waals surface area contributed by atoms with Crippen LogP contribution in [0.3, 0.4) is 0 Å². The van der Waals surface area contributed by atoms with Crippen molar-refractivity contribution in [3.63, 3.8) is 0 Å². The molecule has 90 valence electrons. The Bertz CT molecular complexity index is 169. The van der Waals surface area contributed by atoms with Crippen LogP contribution in [-0.2, 0) is 4.74 Å². The number of hydrogen-bond acceptors (Lipinski definition) is 4. The maximum absolute atomic E-state index is 8.57. The topological polar surface area (TPSA) is 32.7 Å². The molecule has 0 aromatic carbocycles. The average Bonchev–Trinajstić information content (AvgIpc) is 2.72. The van der Waals surface area contributed by atoms with E-state index in [2.05, 4.69) is 18.2 Å². The van der Waals surface area contributed by atoms with Gasteiger partial charge in [0.2, 0.25) is 0 Å². The van der Waals surface area contributed by atoms with Crippen LogP contribution >= 0.6 is 11.8 Å². The van der Waals surface area contributed by atoms with Crippen LogP contribution in [-0.4, -0.2) is 61.0 Å². The second kappa shape index (κ2) is 7.49. The second-order valence-corrected chi connectivity index (χ2v) is 5.28. The highest BCUT2D eigenvalue weighted by atomic mass is 32.2. The maximum atomic E-state index is 8.57. The minimum absolute atomic E-state index is 0.127. The molecular weight excluding hydrogens is 210 g/mol. The van der Waals surface area contributed by atoms with E-state index in [-0.39, 0.29) is 6.61 Å². The molecule has 0 radical (unpaired) electrons. The zero-order chi connectivity index (χ0) is 11.1. The summed E-state index contributed by atoms with van der Waals surface area (Å²) in [6, 6.07) is 0.736. The molecule has 0 heterocycles. The van der Waals surface area contributed by atoms with Gasteiger partial charge in [0.1, 0.15) is 0 Å². The molecule has 0 unspecified atom stereocenters. The summed E-state index contributed by atoms with van der Waals surface area (Å²) in [5.41, 5.74) is 0. The van der Waals surface area contributed by atoms with Crippen molar-refractivity contribution in [2.75, 3.05) is 39.7 Å². The number of likely N-dealkylation sites (N-methyl/N-ethyl adjacent to an activating group) is 1. The molecule has 0 saturated heterocycles. The molecule has 1 saturated carbocycles. The minimum atomic E-state index is 0.127. The van der Waals surface area contributed by atoms with E-state index in [4.69, 9.17) is 9.84 Å². The highest BCUT2D eigenvalue weighted by Crippen LogP contribution is 2.30. The summed E-state index contributed by atoms with van der Waals surface area (Å²) in [6.07, 6.45) is 6.20. The summed E-state index contributed by atoms with van der Waals surface area (Å²) in [4.78, 5) is 2.40. The van der Waals surface area contributed by atoms with Crippen LogP contribution < -0.4 is 0 Å². The van der Waals surface area contributed by atoms with Crippen LogP contribution in [0.5, 0.6) is 0 Å². The standard InChI is InChI=1S/C11H23NO2S/c1-12(5-7-14-8-6-13)10-3-4-11(9-10)15-2/h10-11,13H,3-9H2,1-2H3/t10-,11-/m0/s1. The van der Waals surface area contributed by atoms with Gasteiger partial charge in [-0.3, -0.25) is 0 Å². The lowest BCUT2D eigenvalue weighted by Crippen LogP contribution is -2.32. The summed E-state index contributed by atoms with van der Waals surface area (Å²) < 4.78 is 5.27. The largest absolute Gasteiger partial charge is 0.394 e. The van der Waals surface area contributed by atoms with Gasteiger partial charge >= 0.3 is 0 Å². The van der Waals surface area contributed by atoms with Crippen molar-refractivity contribution in [1.82, 2.24) is 4.90 Å². The summed E-state index contributed by atoms with van der Waals surface area (Å²) in [7, 11) is 2.18. The first kappa shape index (κ1) is 13.3. The number of thioether (sulfide) groups is 1. The van der Waals surface area contributed by atoms with Gasteiger partial charge in [-0.25, -0.2) is 0 Å². The molecule has 1 fully saturated rings. The Balaban J connectivity index is 2.09. The first-order valence-electron chi connectivity index (χ1n) is 5.69. The number of ether oxygens (including phenoxy) is 1. The van der Waals surface area contributed by atoms with Gasteiger partial charge in [-0.05, 0) is 32.6 Å². The Hall–Kier alpha value is 0.230. The number of aliphatic hydroxyl groups is 1. The Morgan fingerprint density at radius 3 is 2.80 bits per heavy atom. The van der Waals surface area contributed by atoms with E-state index in [1.54, 1.807) is 0 Å². The molecule has 4 heteroatoms. The first-order valence-corrected chi connectivity index (χ1v) is 6.98. The van der Waals surface area contributed by atoms with Gasteiger partial charge in [0, 0.05) is 17.8 Å². The monoisotopic (exact) mass is 233 g/mol. The molecule has 0 amide bonds. The Morgan fingerprint density at radius 2 is 2.20 bits per heavy atom. The predicted molar refractivity (Wildman–Crippen MR) is 65.5 cm³/mol. The van der Waals surface area contributed by atoms with Crippen LogP contribution in [0.15, 0.2) is 0 Å². The van der Waals surface area contributed by atoms with Crippen molar-refractivity contribution in [2.24, 2.45) is 0 Å². The quantitative estimate of drug-likeness (QED) is 0.670. The van der Waals surface area contributed by atoms with Gasteiger partial charge in [-0.2, -0.15) is 11.8 Å². The van der Waals surface area contributed by atoms with Crippen molar-refractivity contribution in [2.45, 2.75) is 30.6 Å². The summed E-state index contributed by atoms with van der Waals surface area (Å²) in [5.74, 6) is 0. The van der Waals surface area contributed by atoms with Gasteiger partial charge < -0.3 is 14.7 Å². The van der Waals surface area contributed by atoms with Crippen LogP contribution in [0.2, 0.25) is 0 Å². The van der Waals surface area contributed by atoms with E-state index in [0.717, 1.165) is 24.4 Å². The van der Waals surface area contributed by atoms with Gasteiger partial charge in [0.25, 0.3) is 0 Å². The highest BCUT2D eigenvalue weighted by Gasteiger charge is 2.26. The molecule has 1 N–H and O–H groups in total. The number of nitrogens with zero attached hydrogens (tertiary/aromatic N) is 1. The maximum Gasteiger partial charge on any atom is 0.0698 e. The van der Waals surface area contributed by atoms with Gasteiger partial charge in [-0.1, -0.05) is 0 Å². The molecule has 3 nitrogen and oxygen atoms in total. The third kappa shape index (κ3) is 4.72. The lowest BCUT2D eigenvalue weighted by atomic mass is 10.2.